The van der Waals surface area contributed by atoms with Crippen LogP contribution in [-0.2, 0) is 0 Å². The number of aromatic nitrogens is 1. The van der Waals surface area contributed by atoms with Crippen molar-refractivity contribution in [2.45, 2.75) is 31.7 Å². The number of amides is 2. The molecule has 1 aliphatic heterocycles. The van der Waals surface area contributed by atoms with Crippen LogP contribution >= 0.6 is 0 Å². The second-order valence-corrected chi connectivity index (χ2v) is 7.31. The van der Waals surface area contributed by atoms with Crippen LogP contribution in [0.25, 0.3) is 0 Å². The van der Waals surface area contributed by atoms with Crippen molar-refractivity contribution in [1.82, 2.24) is 15.4 Å². The Morgan fingerprint density at radius 1 is 1.10 bits per heavy atom. The minimum atomic E-state index is -0.171. The minimum Gasteiger partial charge on any atom is -0.457 e. The van der Waals surface area contributed by atoms with Gasteiger partial charge in [-0.1, -0.05) is 41.6 Å². The van der Waals surface area contributed by atoms with Crippen LogP contribution in [0.4, 0.5) is 4.79 Å². The molecule has 0 spiro atoms. The zero-order chi connectivity index (χ0) is 20.1. The number of hydrogen-bond acceptors (Lipinski definition) is 4. The van der Waals surface area contributed by atoms with Crippen molar-refractivity contribution in [3.63, 3.8) is 0 Å². The van der Waals surface area contributed by atoms with Crippen molar-refractivity contribution in [3.8, 4) is 11.5 Å². The second kappa shape index (κ2) is 8.82. The van der Waals surface area contributed by atoms with Gasteiger partial charge in [-0.3, -0.25) is 0 Å². The number of nitrogens with zero attached hydrogens (tertiary/aromatic N) is 2. The Morgan fingerprint density at radius 3 is 2.55 bits per heavy atom. The Balaban J connectivity index is 1.37. The molecule has 2 amide bonds. The smallest absolute Gasteiger partial charge is 0.317 e. The van der Waals surface area contributed by atoms with E-state index in [0.29, 0.717) is 19.0 Å². The van der Waals surface area contributed by atoms with Crippen molar-refractivity contribution >= 4 is 6.03 Å². The Bertz CT molecular complexity index is 920. The van der Waals surface area contributed by atoms with Crippen LogP contribution in [0.3, 0.4) is 0 Å². The van der Waals surface area contributed by atoms with Gasteiger partial charge in [0.05, 0.1) is 11.7 Å². The van der Waals surface area contributed by atoms with E-state index in [0.717, 1.165) is 35.6 Å². The van der Waals surface area contributed by atoms with E-state index in [-0.39, 0.29) is 12.1 Å². The SMILES string of the molecule is CC(NC(=O)N1CCC(c2ccon2)CC1)c1ccccc1Oc1ccccc1. The third-order valence-electron chi connectivity index (χ3n) is 5.35. The molecule has 1 atom stereocenters. The number of nitrogens with one attached hydrogen (secondary N) is 1. The lowest BCUT2D eigenvalue weighted by Gasteiger charge is -2.32. The number of carbonyl (C=O) groups excluding carboxylic acids is 1. The summed E-state index contributed by atoms with van der Waals surface area (Å²) >= 11 is 0. The molecule has 1 fully saturated rings. The number of rotatable bonds is 5. The van der Waals surface area contributed by atoms with Gasteiger partial charge in [0.1, 0.15) is 17.8 Å². The van der Waals surface area contributed by atoms with E-state index in [1.807, 2.05) is 72.5 Å². The van der Waals surface area contributed by atoms with E-state index >= 15 is 0 Å². The lowest BCUT2D eigenvalue weighted by molar-refractivity contribution is 0.177. The van der Waals surface area contributed by atoms with Gasteiger partial charge in [-0.2, -0.15) is 0 Å². The Morgan fingerprint density at radius 2 is 1.83 bits per heavy atom. The predicted octanol–water partition coefficient (Wildman–Crippen LogP) is 5.12. The van der Waals surface area contributed by atoms with Crippen LogP contribution in [0.2, 0.25) is 0 Å². The summed E-state index contributed by atoms with van der Waals surface area (Å²) in [6.45, 7) is 3.39. The zero-order valence-electron chi connectivity index (χ0n) is 16.5. The first-order chi connectivity index (χ1) is 14.2. The Hall–Kier alpha value is -3.28. The summed E-state index contributed by atoms with van der Waals surface area (Å²) < 4.78 is 11.0. The fourth-order valence-corrected chi connectivity index (χ4v) is 3.71. The maximum Gasteiger partial charge on any atom is 0.317 e. The maximum atomic E-state index is 12.8. The summed E-state index contributed by atoms with van der Waals surface area (Å²) in [6.07, 6.45) is 3.38. The van der Waals surface area contributed by atoms with Gasteiger partial charge in [0.25, 0.3) is 0 Å². The molecule has 0 aliphatic carbocycles. The molecule has 0 bridgehead atoms. The minimum absolute atomic E-state index is 0.0504. The first-order valence-corrected chi connectivity index (χ1v) is 9.98. The molecule has 1 unspecified atom stereocenters. The summed E-state index contributed by atoms with van der Waals surface area (Å²) in [5.74, 6) is 1.87. The molecule has 6 heteroatoms. The number of ether oxygens (including phenoxy) is 1. The van der Waals surface area contributed by atoms with E-state index in [4.69, 9.17) is 9.26 Å². The Kier molecular flexibility index (Phi) is 5.79. The summed E-state index contributed by atoms with van der Waals surface area (Å²) in [5, 5.41) is 7.15. The zero-order valence-corrected chi connectivity index (χ0v) is 16.5. The lowest BCUT2D eigenvalue weighted by Crippen LogP contribution is -2.44. The van der Waals surface area contributed by atoms with E-state index in [9.17, 15) is 4.79 Å². The van der Waals surface area contributed by atoms with Gasteiger partial charge >= 0.3 is 6.03 Å². The first-order valence-electron chi connectivity index (χ1n) is 9.98. The molecule has 4 rings (SSSR count). The number of hydrogen-bond donors (Lipinski definition) is 1. The van der Waals surface area contributed by atoms with E-state index in [1.54, 1.807) is 6.26 Å². The molecule has 2 aromatic carbocycles. The van der Waals surface area contributed by atoms with Gasteiger partial charge < -0.3 is 19.5 Å². The third-order valence-corrected chi connectivity index (χ3v) is 5.35. The average Bonchev–Trinajstić information content (AvgIpc) is 3.30. The molecule has 1 N–H and O–H groups in total. The third kappa shape index (κ3) is 4.59. The highest BCUT2D eigenvalue weighted by Gasteiger charge is 2.26. The normalized spacial score (nSPS) is 15.7. The van der Waals surface area contributed by atoms with Gasteiger partial charge in [0.2, 0.25) is 0 Å². The van der Waals surface area contributed by atoms with Crippen LogP contribution in [0.5, 0.6) is 11.5 Å². The number of carbonyl (C=O) groups is 1. The van der Waals surface area contributed by atoms with Gasteiger partial charge in [0, 0.05) is 30.6 Å². The fourth-order valence-electron chi connectivity index (χ4n) is 3.71. The van der Waals surface area contributed by atoms with Crippen LogP contribution in [0, 0.1) is 0 Å². The maximum absolute atomic E-state index is 12.8. The monoisotopic (exact) mass is 391 g/mol. The average molecular weight is 391 g/mol. The predicted molar refractivity (Wildman–Crippen MR) is 110 cm³/mol. The van der Waals surface area contributed by atoms with Crippen LogP contribution in [0.15, 0.2) is 71.4 Å². The molecule has 2 heterocycles. The quantitative estimate of drug-likeness (QED) is 0.656. The number of benzene rings is 2. The summed E-state index contributed by atoms with van der Waals surface area (Å²) in [4.78, 5) is 14.7. The number of urea groups is 1. The molecule has 0 radical (unpaired) electrons. The molecule has 1 saturated heterocycles. The molecule has 6 nitrogen and oxygen atoms in total. The molecular weight excluding hydrogens is 366 g/mol. The van der Waals surface area contributed by atoms with E-state index < -0.39 is 0 Å². The summed E-state index contributed by atoms with van der Waals surface area (Å²) in [5.41, 5.74) is 1.92. The molecule has 3 aromatic rings. The van der Waals surface area contributed by atoms with Gasteiger partial charge in [0.15, 0.2) is 0 Å². The highest BCUT2D eigenvalue weighted by molar-refractivity contribution is 5.75. The number of para-hydroxylation sites is 2. The molecule has 1 aliphatic rings. The topological polar surface area (TPSA) is 67.6 Å². The first kappa shape index (κ1) is 19.1. The van der Waals surface area contributed by atoms with Crippen LogP contribution < -0.4 is 10.1 Å². The van der Waals surface area contributed by atoms with Crippen LogP contribution in [0.1, 0.15) is 43.0 Å². The molecular formula is C23H25N3O3. The lowest BCUT2D eigenvalue weighted by atomic mass is 9.94. The highest BCUT2D eigenvalue weighted by Crippen LogP contribution is 2.30. The fraction of sp³-hybridized carbons (Fsp3) is 0.304. The van der Waals surface area contributed by atoms with Crippen LogP contribution in [-0.4, -0.2) is 29.2 Å². The van der Waals surface area contributed by atoms with Crippen molar-refractivity contribution in [3.05, 3.63) is 78.2 Å². The van der Waals surface area contributed by atoms with Crippen molar-refractivity contribution in [1.29, 1.82) is 0 Å². The Labute approximate surface area is 170 Å². The highest BCUT2D eigenvalue weighted by atomic mass is 16.5. The van der Waals surface area contributed by atoms with Crippen molar-refractivity contribution in [2.75, 3.05) is 13.1 Å². The number of piperidine rings is 1. The van der Waals surface area contributed by atoms with E-state index in [1.165, 1.54) is 0 Å². The molecule has 1 aromatic heterocycles. The molecule has 29 heavy (non-hydrogen) atoms. The summed E-state index contributed by atoms with van der Waals surface area (Å²) in [6, 6.07) is 19.1. The standard InChI is InChI=1S/C23H25N3O3/c1-17(20-9-5-6-10-22(20)29-19-7-3-2-4-8-19)24-23(27)26-14-11-18(12-15-26)21-13-16-28-25-21/h2-10,13,16-18H,11-12,14-15H2,1H3,(H,24,27). The number of likely N-dealkylation sites (tertiary alicyclic amines) is 1. The summed E-state index contributed by atoms with van der Waals surface area (Å²) in [7, 11) is 0. The van der Waals surface area contributed by atoms with Crippen molar-refractivity contribution in [2.24, 2.45) is 0 Å². The second-order valence-electron chi connectivity index (χ2n) is 7.31. The largest absolute Gasteiger partial charge is 0.457 e. The van der Waals surface area contributed by atoms with E-state index in [2.05, 4.69) is 10.5 Å². The van der Waals surface area contributed by atoms with Crippen molar-refractivity contribution < 1.29 is 14.1 Å². The molecule has 150 valence electrons. The van der Waals surface area contributed by atoms with Gasteiger partial charge in [-0.25, -0.2) is 4.79 Å². The van der Waals surface area contributed by atoms with Gasteiger partial charge in [-0.15, -0.1) is 0 Å². The van der Waals surface area contributed by atoms with Gasteiger partial charge in [-0.05, 0) is 38.0 Å². The molecule has 0 saturated carbocycles.